The highest BCUT2D eigenvalue weighted by Crippen LogP contribution is 2.17. The number of nitrogens with two attached hydrogens (primary N) is 1. The number of nitrogens with zero attached hydrogens (tertiary/aromatic N) is 1. The Morgan fingerprint density at radius 1 is 1.35 bits per heavy atom. The first-order valence-electron chi connectivity index (χ1n) is 7.45. The monoisotopic (exact) mass is 291 g/mol. The van der Waals surface area contributed by atoms with E-state index in [0.29, 0.717) is 11.0 Å². The van der Waals surface area contributed by atoms with Gasteiger partial charge in [0.2, 0.25) is 0 Å². The first-order valence-corrected chi connectivity index (χ1v) is 7.86. The summed E-state index contributed by atoms with van der Waals surface area (Å²) < 4.78 is 0. The molecule has 0 bridgehead atoms. The minimum atomic E-state index is 0.447. The Balaban J connectivity index is 1.92. The van der Waals surface area contributed by atoms with Gasteiger partial charge in [-0.1, -0.05) is 18.6 Å². The summed E-state index contributed by atoms with van der Waals surface area (Å²) >= 11 is 5.04. The van der Waals surface area contributed by atoms with E-state index in [1.165, 1.54) is 32.4 Å². The molecular weight excluding hydrogens is 266 g/mol. The standard InChI is InChI=1S/C16H25N3S/c1-12-10-14(6-7-15(12)16(17)20)18-13(2)11-19-8-4-3-5-9-19/h6-7,10,13,18H,3-5,8-9,11H2,1-2H3,(H2,17,20). The van der Waals surface area contributed by atoms with Crippen LogP contribution in [0.3, 0.4) is 0 Å². The largest absolute Gasteiger partial charge is 0.389 e. The second-order valence-electron chi connectivity index (χ2n) is 5.80. The Morgan fingerprint density at radius 2 is 2.05 bits per heavy atom. The Hall–Kier alpha value is -1.13. The van der Waals surface area contributed by atoms with Crippen molar-refractivity contribution in [2.45, 2.75) is 39.2 Å². The fraction of sp³-hybridized carbons (Fsp3) is 0.562. The summed E-state index contributed by atoms with van der Waals surface area (Å²) in [5, 5.41) is 3.57. The van der Waals surface area contributed by atoms with Crippen molar-refractivity contribution >= 4 is 22.9 Å². The molecule has 0 spiro atoms. The van der Waals surface area contributed by atoms with E-state index in [2.05, 4.69) is 36.2 Å². The van der Waals surface area contributed by atoms with Crippen molar-refractivity contribution < 1.29 is 0 Å². The first-order chi connectivity index (χ1) is 9.56. The molecule has 1 atom stereocenters. The predicted octanol–water partition coefficient (Wildman–Crippen LogP) is 2.92. The normalized spacial score (nSPS) is 17.7. The van der Waals surface area contributed by atoms with Gasteiger partial charge >= 0.3 is 0 Å². The number of hydrogen-bond donors (Lipinski definition) is 2. The van der Waals surface area contributed by atoms with Crippen molar-refractivity contribution in [3.8, 4) is 0 Å². The number of hydrogen-bond acceptors (Lipinski definition) is 3. The number of anilines is 1. The predicted molar refractivity (Wildman–Crippen MR) is 90.4 cm³/mol. The van der Waals surface area contributed by atoms with Gasteiger partial charge in [0.1, 0.15) is 4.99 Å². The molecule has 1 unspecified atom stereocenters. The van der Waals surface area contributed by atoms with Crippen LogP contribution >= 0.6 is 12.2 Å². The van der Waals surface area contributed by atoms with Gasteiger partial charge in [0.05, 0.1) is 0 Å². The zero-order valence-corrected chi connectivity index (χ0v) is 13.3. The van der Waals surface area contributed by atoms with E-state index in [0.717, 1.165) is 23.4 Å². The topological polar surface area (TPSA) is 41.3 Å². The molecule has 1 aliphatic rings. The van der Waals surface area contributed by atoms with Crippen molar-refractivity contribution in [1.29, 1.82) is 0 Å². The summed E-state index contributed by atoms with van der Waals surface area (Å²) in [6.45, 7) is 7.88. The van der Waals surface area contributed by atoms with Crippen molar-refractivity contribution in [2.75, 3.05) is 25.0 Å². The molecule has 0 aliphatic carbocycles. The second-order valence-corrected chi connectivity index (χ2v) is 6.24. The van der Waals surface area contributed by atoms with Crippen LogP contribution in [0.15, 0.2) is 18.2 Å². The number of benzene rings is 1. The van der Waals surface area contributed by atoms with Gasteiger partial charge in [-0.15, -0.1) is 0 Å². The summed E-state index contributed by atoms with van der Waals surface area (Å²) in [4.78, 5) is 3.02. The van der Waals surface area contributed by atoms with Crippen molar-refractivity contribution in [2.24, 2.45) is 5.73 Å². The van der Waals surface area contributed by atoms with Crippen LogP contribution in [0.2, 0.25) is 0 Å². The minimum absolute atomic E-state index is 0.447. The maximum Gasteiger partial charge on any atom is 0.104 e. The number of likely N-dealkylation sites (tertiary alicyclic amines) is 1. The van der Waals surface area contributed by atoms with Gasteiger partial charge in [0.15, 0.2) is 0 Å². The highest BCUT2D eigenvalue weighted by Gasteiger charge is 2.13. The molecule has 0 radical (unpaired) electrons. The summed E-state index contributed by atoms with van der Waals surface area (Å²) in [5.41, 5.74) is 8.94. The molecular formula is C16H25N3S. The lowest BCUT2D eigenvalue weighted by Gasteiger charge is -2.29. The molecule has 1 fully saturated rings. The van der Waals surface area contributed by atoms with Crippen LogP contribution in [0.1, 0.15) is 37.3 Å². The molecule has 0 aromatic heterocycles. The van der Waals surface area contributed by atoms with Crippen molar-refractivity contribution in [3.63, 3.8) is 0 Å². The molecule has 1 aromatic carbocycles. The molecule has 4 heteroatoms. The second kappa shape index (κ2) is 7.04. The third-order valence-corrected chi connectivity index (χ3v) is 4.11. The van der Waals surface area contributed by atoms with Crippen LogP contribution in [0.5, 0.6) is 0 Å². The van der Waals surface area contributed by atoms with Gasteiger partial charge in [-0.3, -0.25) is 0 Å². The van der Waals surface area contributed by atoms with Gasteiger partial charge in [0, 0.05) is 23.8 Å². The van der Waals surface area contributed by atoms with Gasteiger partial charge in [-0.2, -0.15) is 0 Å². The SMILES string of the molecule is Cc1cc(NC(C)CN2CCCCC2)ccc1C(N)=S. The Kier molecular flexibility index (Phi) is 5.38. The summed E-state index contributed by atoms with van der Waals surface area (Å²) in [5.74, 6) is 0. The van der Waals surface area contributed by atoms with Crippen LogP contribution in [0.25, 0.3) is 0 Å². The molecule has 3 nitrogen and oxygen atoms in total. The van der Waals surface area contributed by atoms with Crippen LogP contribution in [0, 0.1) is 6.92 Å². The van der Waals surface area contributed by atoms with Crippen LogP contribution < -0.4 is 11.1 Å². The summed E-state index contributed by atoms with van der Waals surface area (Å²) in [6, 6.07) is 6.64. The third kappa shape index (κ3) is 4.18. The van der Waals surface area contributed by atoms with Crippen LogP contribution in [-0.4, -0.2) is 35.6 Å². The third-order valence-electron chi connectivity index (χ3n) is 3.89. The molecule has 0 saturated carbocycles. The van der Waals surface area contributed by atoms with Gasteiger partial charge in [-0.25, -0.2) is 0 Å². The van der Waals surface area contributed by atoms with Gasteiger partial charge in [0.25, 0.3) is 0 Å². The van der Waals surface area contributed by atoms with Crippen molar-refractivity contribution in [3.05, 3.63) is 29.3 Å². The van der Waals surface area contributed by atoms with E-state index in [-0.39, 0.29) is 0 Å². The van der Waals surface area contributed by atoms with E-state index >= 15 is 0 Å². The molecule has 1 aromatic rings. The Morgan fingerprint density at radius 3 is 2.65 bits per heavy atom. The minimum Gasteiger partial charge on any atom is -0.389 e. The Bertz CT molecular complexity index is 467. The average molecular weight is 291 g/mol. The summed E-state index contributed by atoms with van der Waals surface area (Å²) in [6.07, 6.45) is 4.07. The average Bonchev–Trinajstić information content (AvgIpc) is 2.39. The van der Waals surface area contributed by atoms with Crippen molar-refractivity contribution in [1.82, 2.24) is 4.90 Å². The van der Waals surface area contributed by atoms with Crippen LogP contribution in [-0.2, 0) is 0 Å². The molecule has 1 saturated heterocycles. The van der Waals surface area contributed by atoms with Gasteiger partial charge < -0.3 is 16.0 Å². The fourth-order valence-electron chi connectivity index (χ4n) is 2.89. The lowest BCUT2D eigenvalue weighted by molar-refractivity contribution is 0.223. The first kappa shape index (κ1) is 15.3. The lowest BCUT2D eigenvalue weighted by Crippen LogP contribution is -2.38. The zero-order valence-electron chi connectivity index (χ0n) is 12.5. The van der Waals surface area contributed by atoms with E-state index < -0.39 is 0 Å². The number of nitrogens with one attached hydrogen (secondary N) is 1. The number of piperidine rings is 1. The number of thiocarbonyl (C=S) groups is 1. The zero-order chi connectivity index (χ0) is 14.5. The van der Waals surface area contributed by atoms with E-state index in [1.54, 1.807) is 0 Å². The molecule has 2 rings (SSSR count). The quantitative estimate of drug-likeness (QED) is 0.819. The number of aryl methyl sites for hydroxylation is 1. The highest BCUT2D eigenvalue weighted by atomic mass is 32.1. The van der Waals surface area contributed by atoms with Gasteiger partial charge in [-0.05, 0) is 63.5 Å². The molecule has 0 amide bonds. The molecule has 1 aliphatic heterocycles. The maximum absolute atomic E-state index is 5.69. The van der Waals surface area contributed by atoms with E-state index in [4.69, 9.17) is 18.0 Å². The number of rotatable bonds is 5. The molecule has 110 valence electrons. The maximum atomic E-state index is 5.69. The van der Waals surface area contributed by atoms with Crippen LogP contribution in [0.4, 0.5) is 5.69 Å². The highest BCUT2D eigenvalue weighted by molar-refractivity contribution is 7.80. The molecule has 20 heavy (non-hydrogen) atoms. The van der Waals surface area contributed by atoms with E-state index in [1.807, 2.05) is 6.07 Å². The fourth-order valence-corrected chi connectivity index (χ4v) is 3.12. The smallest absolute Gasteiger partial charge is 0.104 e. The molecule has 1 heterocycles. The lowest BCUT2D eigenvalue weighted by atomic mass is 10.1. The summed E-state index contributed by atoms with van der Waals surface area (Å²) in [7, 11) is 0. The Labute approximate surface area is 127 Å². The molecule has 3 N–H and O–H groups in total. The van der Waals surface area contributed by atoms with E-state index in [9.17, 15) is 0 Å².